The quantitative estimate of drug-likeness (QED) is 0.0659. The van der Waals surface area contributed by atoms with Gasteiger partial charge in [-0.2, -0.15) is 0 Å². The fourth-order valence-corrected chi connectivity index (χ4v) is 6.65. The zero-order valence-corrected chi connectivity index (χ0v) is 28.6. The third-order valence-electron chi connectivity index (χ3n) is 8.96. The molecule has 20 nitrogen and oxygen atoms in total. The van der Waals surface area contributed by atoms with Gasteiger partial charge in [0.25, 0.3) is 0 Å². The van der Waals surface area contributed by atoms with E-state index in [0.717, 1.165) is 0 Å². The average Bonchev–Trinajstić information content (AvgIpc) is 3.04. The molecule has 3 aliphatic rings. The maximum Gasteiger partial charge on any atom is 0.217 e. The van der Waals surface area contributed by atoms with Crippen LogP contribution in [-0.2, 0) is 42.8 Å². The largest absolute Gasteiger partial charge is 0.394 e. The predicted molar refractivity (Wildman–Crippen MR) is 167 cm³/mol. The molecule has 0 aromatic carbocycles. The summed E-state index contributed by atoms with van der Waals surface area (Å²) in [5, 5.41) is 79.7. The highest BCUT2D eigenvalue weighted by molar-refractivity contribution is 5.74. The normalized spacial score (nSPS) is 39.7. The molecule has 3 rings (SSSR count). The van der Waals surface area contributed by atoms with Crippen molar-refractivity contribution in [2.75, 3.05) is 46.2 Å². The third kappa shape index (κ3) is 10.9. The Balaban J connectivity index is 1.77. The number of hydrogen-bond donors (Lipinski definition) is 11. The van der Waals surface area contributed by atoms with Crippen molar-refractivity contribution < 1.29 is 78.6 Å². The first-order valence-electron chi connectivity index (χ1n) is 16.5. The van der Waals surface area contributed by atoms with Crippen LogP contribution < -0.4 is 21.7 Å². The van der Waals surface area contributed by atoms with E-state index in [2.05, 4.69) is 16.0 Å². The van der Waals surface area contributed by atoms with Crippen molar-refractivity contribution in [3.05, 3.63) is 0 Å². The first-order chi connectivity index (χ1) is 23.6. The molecule has 3 amide bonds. The molecule has 3 heterocycles. The summed E-state index contributed by atoms with van der Waals surface area (Å²) >= 11 is 0. The molecule has 3 aliphatic heterocycles. The molecular formula is C30H54N4O16. The number of rotatable bonds is 16. The van der Waals surface area contributed by atoms with E-state index in [9.17, 15) is 50.1 Å². The summed E-state index contributed by atoms with van der Waals surface area (Å²) in [7, 11) is 0. The molecule has 0 aromatic rings. The number of nitrogens with two attached hydrogens (primary N) is 1. The Bertz CT molecular complexity index is 1090. The van der Waals surface area contributed by atoms with E-state index >= 15 is 0 Å². The molecule has 50 heavy (non-hydrogen) atoms. The number of hydrogen-bond acceptors (Lipinski definition) is 17. The van der Waals surface area contributed by atoms with Crippen molar-refractivity contribution in [3.8, 4) is 0 Å². The fourth-order valence-electron chi connectivity index (χ4n) is 6.65. The van der Waals surface area contributed by atoms with Crippen molar-refractivity contribution in [2.45, 2.75) is 113 Å². The van der Waals surface area contributed by atoms with Crippen LogP contribution in [0.15, 0.2) is 0 Å². The van der Waals surface area contributed by atoms with Crippen molar-refractivity contribution in [3.63, 3.8) is 0 Å². The Morgan fingerprint density at radius 3 is 1.60 bits per heavy atom. The van der Waals surface area contributed by atoms with Crippen LogP contribution in [-0.4, -0.2) is 185 Å². The second-order valence-electron chi connectivity index (χ2n) is 12.9. The van der Waals surface area contributed by atoms with Gasteiger partial charge in [-0.05, 0) is 6.92 Å². The molecule has 0 radical (unpaired) electrons. The van der Waals surface area contributed by atoms with Gasteiger partial charge in [-0.15, -0.1) is 0 Å². The predicted octanol–water partition coefficient (Wildman–Crippen LogP) is -6.23. The molecule has 0 aromatic heterocycles. The van der Waals surface area contributed by atoms with Crippen LogP contribution in [0.3, 0.4) is 0 Å². The second-order valence-corrected chi connectivity index (χ2v) is 12.9. The van der Waals surface area contributed by atoms with E-state index in [4.69, 9.17) is 34.2 Å². The summed E-state index contributed by atoms with van der Waals surface area (Å²) in [6.45, 7) is 2.70. The number of amides is 3. The number of carbonyl (C=O) groups is 3. The Labute approximate surface area is 289 Å². The highest BCUT2D eigenvalue weighted by atomic mass is 16.6. The lowest BCUT2D eigenvalue weighted by Crippen LogP contribution is -2.66. The van der Waals surface area contributed by atoms with Crippen LogP contribution >= 0.6 is 0 Å². The van der Waals surface area contributed by atoms with Gasteiger partial charge in [0.1, 0.15) is 42.8 Å². The highest BCUT2D eigenvalue weighted by Crippen LogP contribution is 2.32. The Kier molecular flexibility index (Phi) is 16.6. The molecule has 0 bridgehead atoms. The van der Waals surface area contributed by atoms with Crippen molar-refractivity contribution >= 4 is 17.7 Å². The lowest BCUT2D eigenvalue weighted by atomic mass is 9.85. The van der Waals surface area contributed by atoms with Crippen LogP contribution in [0.2, 0.25) is 0 Å². The summed E-state index contributed by atoms with van der Waals surface area (Å²) < 4.78 is 35.2. The van der Waals surface area contributed by atoms with Crippen LogP contribution in [0.4, 0.5) is 0 Å². The molecule has 0 aliphatic carbocycles. The van der Waals surface area contributed by atoms with Crippen molar-refractivity contribution in [1.82, 2.24) is 16.0 Å². The molecule has 3 saturated heterocycles. The molecule has 3 fully saturated rings. The number of carbonyl (C=O) groups excluding carboxylic acids is 3. The maximum atomic E-state index is 12.4. The van der Waals surface area contributed by atoms with Gasteiger partial charge >= 0.3 is 0 Å². The molecule has 20 heteroatoms. The van der Waals surface area contributed by atoms with Gasteiger partial charge in [-0.3, -0.25) is 14.4 Å². The SMILES string of the molecule is CC(=O)NC1[C@H](COC[C@@H]2C(CO)O[C@@H](COC[C@@H]3C(CO)O[C@@H](O)C(NC(C)=O)[C@H]3O)C(NC(C)=O)[C@H]2OC(C)N)OC(CO)[C@@H](O)[C@@H]1O. The van der Waals surface area contributed by atoms with E-state index in [-0.39, 0.29) is 26.4 Å². The van der Waals surface area contributed by atoms with E-state index in [0.29, 0.717) is 0 Å². The van der Waals surface area contributed by atoms with E-state index in [1.807, 2.05) is 0 Å². The summed E-state index contributed by atoms with van der Waals surface area (Å²) in [6, 6.07) is -3.19. The molecule has 0 spiro atoms. The average molecular weight is 727 g/mol. The minimum Gasteiger partial charge on any atom is -0.394 e. The van der Waals surface area contributed by atoms with Crippen molar-refractivity contribution in [2.24, 2.45) is 17.6 Å². The minimum atomic E-state index is -1.58. The molecule has 12 N–H and O–H groups in total. The Hall–Kier alpha value is -2.15. The summed E-state index contributed by atoms with van der Waals surface area (Å²) in [5.74, 6) is -3.15. The number of aliphatic hydroxyl groups is 7. The Morgan fingerprint density at radius 1 is 0.620 bits per heavy atom. The molecule has 290 valence electrons. The van der Waals surface area contributed by atoms with Gasteiger partial charge in [-0.1, -0.05) is 0 Å². The lowest BCUT2D eigenvalue weighted by molar-refractivity contribution is -0.249. The third-order valence-corrected chi connectivity index (χ3v) is 8.96. The molecule has 16 atom stereocenters. The van der Waals surface area contributed by atoms with E-state index < -0.39 is 135 Å². The lowest BCUT2D eigenvalue weighted by Gasteiger charge is -2.47. The molecular weight excluding hydrogens is 672 g/mol. The molecule has 0 saturated carbocycles. The number of ether oxygens (including phenoxy) is 6. The summed E-state index contributed by atoms with van der Waals surface area (Å²) in [4.78, 5) is 35.8. The molecule has 7 unspecified atom stereocenters. The highest BCUT2D eigenvalue weighted by Gasteiger charge is 2.50. The van der Waals surface area contributed by atoms with Crippen LogP contribution in [0.5, 0.6) is 0 Å². The standard InChI is InChI=1S/C30H54N4O16/c1-12(31)47-29-17(9-46-10-21-23(32-13(2)38)28(43)27(42)20(7-37)49-21)19(6-36)48-22(24(29)33-14(3)39)11-45-8-16-18(5-35)50-30(44)25(26(16)41)34-15(4)40/h12,16-30,35-37,41-44H,5-11,31H2,1-4H3,(H,32,38)(H,33,39)(H,34,40)/t12?,16-,17-,18?,19?,20?,21+,22+,23?,24?,25?,26+,27-,28-,29+,30-/m1/s1. The zero-order chi connectivity index (χ0) is 37.3. The van der Waals surface area contributed by atoms with Gasteiger partial charge in [-0.25, -0.2) is 0 Å². The zero-order valence-electron chi connectivity index (χ0n) is 28.6. The smallest absolute Gasteiger partial charge is 0.217 e. The first-order valence-corrected chi connectivity index (χ1v) is 16.5. The summed E-state index contributed by atoms with van der Waals surface area (Å²) in [6.07, 6.45) is -12.8. The topological polar surface area (TPSA) is 310 Å². The number of nitrogens with one attached hydrogen (secondary N) is 3. The van der Waals surface area contributed by atoms with Gasteiger partial charge in [0, 0.05) is 32.6 Å². The van der Waals surface area contributed by atoms with E-state index in [1.165, 1.54) is 20.8 Å². The summed E-state index contributed by atoms with van der Waals surface area (Å²) in [5.41, 5.74) is 6.02. The van der Waals surface area contributed by atoms with Gasteiger partial charge < -0.3 is 85.9 Å². The fraction of sp³-hybridized carbons (Fsp3) is 0.900. The minimum absolute atomic E-state index is 0.169. The van der Waals surface area contributed by atoms with Crippen LogP contribution in [0.1, 0.15) is 27.7 Å². The van der Waals surface area contributed by atoms with Gasteiger partial charge in [0.15, 0.2) is 6.29 Å². The monoisotopic (exact) mass is 726 g/mol. The van der Waals surface area contributed by atoms with Gasteiger partial charge in [0.2, 0.25) is 17.7 Å². The Morgan fingerprint density at radius 2 is 1.08 bits per heavy atom. The van der Waals surface area contributed by atoms with Gasteiger partial charge in [0.05, 0.1) is 82.7 Å². The first kappa shape index (κ1) is 42.3. The van der Waals surface area contributed by atoms with Crippen molar-refractivity contribution in [1.29, 1.82) is 0 Å². The second kappa shape index (κ2) is 19.6. The van der Waals surface area contributed by atoms with Crippen LogP contribution in [0.25, 0.3) is 0 Å². The van der Waals surface area contributed by atoms with Crippen LogP contribution in [0, 0.1) is 11.8 Å². The van der Waals surface area contributed by atoms with E-state index in [1.54, 1.807) is 6.92 Å². The number of aliphatic hydroxyl groups excluding tert-OH is 7. The maximum absolute atomic E-state index is 12.4.